The van der Waals surface area contributed by atoms with Gasteiger partial charge in [0.25, 0.3) is 0 Å². The van der Waals surface area contributed by atoms with Crippen LogP contribution in [-0.4, -0.2) is 66.0 Å². The van der Waals surface area contributed by atoms with Crippen LogP contribution >= 0.6 is 11.3 Å². The van der Waals surface area contributed by atoms with Gasteiger partial charge in [-0.05, 0) is 67.9 Å². The first kappa shape index (κ1) is 30.1. The Labute approximate surface area is 256 Å². The molecule has 1 atom stereocenters. The second kappa shape index (κ2) is 12.6. The number of likely N-dealkylation sites (N-methyl/N-ethyl adjacent to an activating group) is 1. The maximum absolute atomic E-state index is 15.9. The van der Waals surface area contributed by atoms with Crippen molar-refractivity contribution in [1.29, 1.82) is 0 Å². The Kier molecular flexibility index (Phi) is 8.59. The van der Waals surface area contributed by atoms with Gasteiger partial charge in [-0.3, -0.25) is 24.2 Å². The van der Waals surface area contributed by atoms with Crippen LogP contribution in [0, 0.1) is 17.0 Å². The smallest absolute Gasteiger partial charge is 0.304 e. The van der Waals surface area contributed by atoms with Gasteiger partial charge in [0.05, 0.1) is 12.8 Å². The van der Waals surface area contributed by atoms with Gasteiger partial charge < -0.3 is 14.6 Å². The second-order valence-corrected chi connectivity index (χ2v) is 12.4. The first-order valence-electron chi connectivity index (χ1n) is 14.6. The highest BCUT2D eigenvalue weighted by Gasteiger charge is 2.40. The van der Waals surface area contributed by atoms with Gasteiger partial charge >= 0.3 is 5.97 Å². The number of aliphatic carboxylic acids is 1. The van der Waals surface area contributed by atoms with E-state index in [1.165, 1.54) is 15.9 Å². The van der Waals surface area contributed by atoms with E-state index >= 15 is 4.39 Å². The fourth-order valence-electron chi connectivity index (χ4n) is 5.99. The second-order valence-electron chi connectivity index (χ2n) is 11.4. The fourth-order valence-corrected chi connectivity index (χ4v) is 6.88. The van der Waals surface area contributed by atoms with E-state index in [9.17, 15) is 23.9 Å². The van der Waals surface area contributed by atoms with Gasteiger partial charge in [-0.1, -0.05) is 11.3 Å². The Morgan fingerprint density at radius 3 is 2.68 bits per heavy atom. The third-order valence-electron chi connectivity index (χ3n) is 8.41. The molecule has 3 aliphatic rings. The van der Waals surface area contributed by atoms with E-state index in [0.717, 1.165) is 29.7 Å². The van der Waals surface area contributed by atoms with Gasteiger partial charge in [-0.15, -0.1) is 0 Å². The van der Waals surface area contributed by atoms with Crippen LogP contribution in [0.5, 0.6) is 5.75 Å². The van der Waals surface area contributed by atoms with Gasteiger partial charge in [-0.2, -0.15) is 4.39 Å². The number of halogens is 2. The number of fused-ring (bicyclic) bond motifs is 1. The van der Waals surface area contributed by atoms with Crippen LogP contribution in [0.1, 0.15) is 44.1 Å². The van der Waals surface area contributed by atoms with Gasteiger partial charge in [0.1, 0.15) is 17.3 Å². The summed E-state index contributed by atoms with van der Waals surface area (Å²) in [5.41, 5.74) is 2.13. The molecule has 6 rings (SSSR count). The molecule has 2 fully saturated rings. The Morgan fingerprint density at radius 1 is 1.20 bits per heavy atom. The van der Waals surface area contributed by atoms with Crippen molar-refractivity contribution in [2.24, 2.45) is 11.8 Å². The molecule has 44 heavy (non-hydrogen) atoms. The van der Waals surface area contributed by atoms with Crippen molar-refractivity contribution in [3.8, 4) is 28.1 Å². The summed E-state index contributed by atoms with van der Waals surface area (Å²) < 4.78 is 39.5. The number of pyridine rings is 1. The number of carboxylic acids is 1. The summed E-state index contributed by atoms with van der Waals surface area (Å²) in [7, 11) is 1.65. The molecule has 13 heteroatoms. The number of anilines is 2. The van der Waals surface area contributed by atoms with Gasteiger partial charge in [0.15, 0.2) is 5.13 Å². The number of carbonyl (C=O) groups excluding carboxylic acids is 2. The molecule has 1 saturated heterocycles. The van der Waals surface area contributed by atoms with Gasteiger partial charge in [0, 0.05) is 55.1 Å². The van der Waals surface area contributed by atoms with E-state index in [1.807, 2.05) is 6.07 Å². The minimum absolute atomic E-state index is 0.0457. The number of benzene rings is 1. The predicted octanol–water partition coefficient (Wildman–Crippen LogP) is 5.24. The number of nitrogens with zero attached hydrogens (tertiary/aromatic N) is 4. The van der Waals surface area contributed by atoms with Crippen LogP contribution in [0.15, 0.2) is 30.5 Å². The van der Waals surface area contributed by atoms with Crippen LogP contribution in [0.25, 0.3) is 22.4 Å². The van der Waals surface area contributed by atoms with Crippen LogP contribution in [0.2, 0.25) is 0 Å². The SMILES string of the molecule is CN1C(=O)Cc2cc(-c3ccc(OCF)cc3-c3nc(N(C(=O)C(CC(=O)O)CC4CCOCC4)C4CC4)sc3F)cnc21. The third-order valence-corrected chi connectivity index (χ3v) is 9.26. The highest BCUT2D eigenvalue weighted by Crippen LogP contribution is 2.43. The first-order valence-corrected chi connectivity index (χ1v) is 15.4. The molecule has 3 aromatic rings. The van der Waals surface area contributed by atoms with Crippen molar-refractivity contribution in [3.05, 3.63) is 41.2 Å². The number of aromatic nitrogens is 2. The third kappa shape index (κ3) is 6.16. The van der Waals surface area contributed by atoms with E-state index in [2.05, 4.69) is 9.97 Å². The molecule has 0 spiro atoms. The molecule has 1 aliphatic carbocycles. The standard InChI is InChI=1S/C31H32F2N4O6S/c1-36-25(38)12-18-11-20(15-34-29(18)36)23-5-4-22(43-16-32)14-24(23)27-28(33)44-31(35-27)37(21-2-3-21)30(41)19(13-26(39)40)10-17-6-8-42-9-7-17/h4-5,11,14-15,17,19,21H,2-3,6-10,12-13,16H2,1H3,(H,39,40). The molecule has 1 saturated carbocycles. The van der Waals surface area contributed by atoms with Crippen LogP contribution in [0.4, 0.5) is 19.7 Å². The number of ether oxygens (including phenoxy) is 2. The van der Waals surface area contributed by atoms with Crippen LogP contribution in [0.3, 0.4) is 0 Å². The zero-order valence-electron chi connectivity index (χ0n) is 24.1. The number of carboxylic acid groups (broad SMARTS) is 1. The number of alkyl halides is 1. The molecule has 10 nitrogen and oxygen atoms in total. The van der Waals surface area contributed by atoms with Crippen LogP contribution in [-0.2, 0) is 25.5 Å². The summed E-state index contributed by atoms with van der Waals surface area (Å²) in [5.74, 6) is -1.42. The Hall–Kier alpha value is -3.97. The number of carbonyl (C=O) groups is 3. The molecule has 2 amide bonds. The number of rotatable bonds is 11. The van der Waals surface area contributed by atoms with E-state index < -0.39 is 23.9 Å². The molecule has 1 unspecified atom stereocenters. The molecule has 0 bridgehead atoms. The lowest BCUT2D eigenvalue weighted by Crippen LogP contribution is -2.40. The Balaban J connectivity index is 1.37. The predicted molar refractivity (Wildman–Crippen MR) is 159 cm³/mol. The van der Waals surface area contributed by atoms with E-state index in [4.69, 9.17) is 9.47 Å². The average Bonchev–Trinajstić information content (AvgIpc) is 3.70. The lowest BCUT2D eigenvalue weighted by Gasteiger charge is -2.29. The number of hydrogen-bond donors (Lipinski definition) is 1. The largest absolute Gasteiger partial charge is 0.481 e. The van der Waals surface area contributed by atoms with Crippen molar-refractivity contribution in [1.82, 2.24) is 9.97 Å². The molecule has 4 heterocycles. The molecule has 2 aromatic heterocycles. The van der Waals surface area contributed by atoms with Crippen molar-refractivity contribution < 1.29 is 37.7 Å². The molecule has 2 aliphatic heterocycles. The summed E-state index contributed by atoms with van der Waals surface area (Å²) >= 11 is 0.718. The topological polar surface area (TPSA) is 122 Å². The lowest BCUT2D eigenvalue weighted by atomic mass is 9.86. The van der Waals surface area contributed by atoms with Gasteiger partial charge in [0.2, 0.25) is 23.8 Å². The van der Waals surface area contributed by atoms with E-state index in [0.29, 0.717) is 55.0 Å². The molecule has 1 N–H and O–H groups in total. The van der Waals surface area contributed by atoms with Crippen molar-refractivity contribution in [2.45, 2.75) is 51.0 Å². The molecule has 1 aromatic carbocycles. The number of amides is 2. The highest BCUT2D eigenvalue weighted by atomic mass is 32.1. The maximum atomic E-state index is 15.9. The molecule has 0 radical (unpaired) electrons. The normalized spacial score (nSPS) is 17.4. The minimum Gasteiger partial charge on any atom is -0.481 e. The average molecular weight is 627 g/mol. The zero-order valence-corrected chi connectivity index (χ0v) is 24.9. The van der Waals surface area contributed by atoms with Gasteiger partial charge in [-0.25, -0.2) is 14.4 Å². The van der Waals surface area contributed by atoms with E-state index in [1.54, 1.807) is 25.4 Å². The van der Waals surface area contributed by atoms with Crippen molar-refractivity contribution in [2.75, 3.05) is 36.9 Å². The molecular weight excluding hydrogens is 594 g/mol. The number of hydrogen-bond acceptors (Lipinski definition) is 8. The Bertz CT molecular complexity index is 1590. The summed E-state index contributed by atoms with van der Waals surface area (Å²) in [4.78, 5) is 50.0. The summed E-state index contributed by atoms with van der Waals surface area (Å²) in [6, 6.07) is 6.33. The molecular formula is C31H32F2N4O6S. The minimum atomic E-state index is -1.08. The first-order chi connectivity index (χ1) is 21.2. The summed E-state index contributed by atoms with van der Waals surface area (Å²) in [6.45, 7) is 0.0685. The fraction of sp³-hybridized carbons (Fsp3) is 0.452. The monoisotopic (exact) mass is 626 g/mol. The Morgan fingerprint density at radius 2 is 1.98 bits per heavy atom. The lowest BCUT2D eigenvalue weighted by molar-refractivity contribution is -0.141. The maximum Gasteiger partial charge on any atom is 0.304 e. The zero-order chi connectivity index (χ0) is 31.0. The quantitative estimate of drug-likeness (QED) is 0.307. The molecule has 232 valence electrons. The summed E-state index contributed by atoms with van der Waals surface area (Å²) in [5, 5.41) is 9.12. The van der Waals surface area contributed by atoms with E-state index in [-0.39, 0.29) is 53.2 Å². The highest BCUT2D eigenvalue weighted by molar-refractivity contribution is 7.14. The van der Waals surface area contributed by atoms with Crippen molar-refractivity contribution in [3.63, 3.8) is 0 Å². The number of thiazole rings is 1. The van der Waals surface area contributed by atoms with Crippen molar-refractivity contribution >= 4 is 40.1 Å². The summed E-state index contributed by atoms with van der Waals surface area (Å²) in [6.07, 6.45) is 4.78. The van der Waals surface area contributed by atoms with Crippen LogP contribution < -0.4 is 14.5 Å².